The molecule has 8 nitrogen and oxygen atoms in total. The Kier molecular flexibility index (Phi) is 9.42. The largest absolute Gasteiger partial charge is 0.378 e. The highest BCUT2D eigenvalue weighted by atomic mass is 16.5. The van der Waals surface area contributed by atoms with Crippen LogP contribution in [-0.4, -0.2) is 65.6 Å². The Hall–Kier alpha value is -2.58. The lowest BCUT2D eigenvalue weighted by atomic mass is 9.81. The number of nitrogens with one attached hydrogen (secondary N) is 1. The number of carbonyl (C=O) groups is 2. The van der Waals surface area contributed by atoms with Crippen LogP contribution in [0.1, 0.15) is 68.9 Å². The summed E-state index contributed by atoms with van der Waals surface area (Å²) < 4.78 is 10.7. The fourth-order valence-corrected chi connectivity index (χ4v) is 5.23. The Morgan fingerprint density at radius 1 is 1.11 bits per heavy atom. The average molecular weight is 483 g/mol. The summed E-state index contributed by atoms with van der Waals surface area (Å²) in [6.45, 7) is 5.15. The lowest BCUT2D eigenvalue weighted by molar-refractivity contribution is -0.136. The molecule has 35 heavy (non-hydrogen) atoms. The number of carbonyl (C=O) groups excluding carboxylic acids is 2. The zero-order valence-electron chi connectivity index (χ0n) is 20.8. The number of hydrogen-bond acceptors (Lipinski definition) is 7. The third-order valence-electron chi connectivity index (χ3n) is 7.26. The van der Waals surface area contributed by atoms with Gasteiger partial charge in [0.2, 0.25) is 17.5 Å². The zero-order valence-corrected chi connectivity index (χ0v) is 20.8. The minimum Gasteiger partial charge on any atom is -0.378 e. The van der Waals surface area contributed by atoms with Crippen molar-refractivity contribution in [1.82, 2.24) is 20.4 Å². The maximum absolute atomic E-state index is 13.2. The second-order valence-corrected chi connectivity index (χ2v) is 9.83. The van der Waals surface area contributed by atoms with E-state index in [1.807, 2.05) is 42.2 Å². The molecule has 1 aliphatic carbocycles. The molecule has 0 unspecified atom stereocenters. The molecule has 1 aromatic heterocycles. The molecule has 2 fully saturated rings. The Morgan fingerprint density at radius 3 is 2.57 bits per heavy atom. The number of Topliss-reactive ketones (excluding diaryl/α,β-unsaturated/α-hetero) is 1. The summed E-state index contributed by atoms with van der Waals surface area (Å²) in [5.74, 6) is 1.32. The number of ether oxygens (including phenoxy) is 1. The van der Waals surface area contributed by atoms with E-state index in [0.717, 1.165) is 12.0 Å². The van der Waals surface area contributed by atoms with Gasteiger partial charge in [-0.3, -0.25) is 9.59 Å². The van der Waals surface area contributed by atoms with Gasteiger partial charge in [-0.1, -0.05) is 62.4 Å². The second-order valence-electron chi connectivity index (χ2n) is 9.83. The van der Waals surface area contributed by atoms with E-state index in [-0.39, 0.29) is 23.4 Å². The van der Waals surface area contributed by atoms with Crippen molar-refractivity contribution < 1.29 is 18.8 Å². The highest BCUT2D eigenvalue weighted by Crippen LogP contribution is 2.30. The molecule has 0 spiro atoms. The summed E-state index contributed by atoms with van der Waals surface area (Å²) in [4.78, 5) is 32.4. The quantitative estimate of drug-likeness (QED) is 0.481. The van der Waals surface area contributed by atoms with Gasteiger partial charge in [-0.15, -0.1) is 0 Å². The first-order chi connectivity index (χ1) is 17.1. The molecule has 1 saturated carbocycles. The number of ketones is 1. The fraction of sp³-hybridized carbons (Fsp3) is 0.630. The minimum atomic E-state index is -0.413. The lowest BCUT2D eigenvalue weighted by Crippen LogP contribution is -2.44. The molecule has 2 atom stereocenters. The molecule has 1 aromatic carbocycles. The van der Waals surface area contributed by atoms with Gasteiger partial charge in [-0.05, 0) is 43.4 Å². The average Bonchev–Trinajstić information content (AvgIpc) is 3.41. The van der Waals surface area contributed by atoms with E-state index in [2.05, 4.69) is 15.5 Å². The Bertz CT molecular complexity index is 936. The monoisotopic (exact) mass is 482 g/mol. The number of aromatic nitrogens is 2. The molecule has 4 rings (SSSR count). The summed E-state index contributed by atoms with van der Waals surface area (Å²) >= 11 is 0. The van der Waals surface area contributed by atoms with Crippen molar-refractivity contribution in [3.8, 4) is 11.5 Å². The van der Waals surface area contributed by atoms with Gasteiger partial charge in [0.05, 0.1) is 19.3 Å². The predicted molar refractivity (Wildman–Crippen MR) is 133 cm³/mol. The van der Waals surface area contributed by atoms with Crippen LogP contribution in [0.2, 0.25) is 0 Å². The van der Waals surface area contributed by atoms with E-state index in [0.29, 0.717) is 57.5 Å². The molecule has 1 aliphatic heterocycles. The van der Waals surface area contributed by atoms with Crippen molar-refractivity contribution in [2.24, 2.45) is 11.8 Å². The van der Waals surface area contributed by atoms with Gasteiger partial charge >= 0.3 is 0 Å². The van der Waals surface area contributed by atoms with Gasteiger partial charge in [-0.2, -0.15) is 4.98 Å². The molecule has 0 radical (unpaired) electrons. The van der Waals surface area contributed by atoms with E-state index in [1.165, 1.54) is 32.1 Å². The number of morpholine rings is 1. The molecule has 2 aromatic rings. The Balaban J connectivity index is 1.38. The van der Waals surface area contributed by atoms with Crippen LogP contribution in [0.5, 0.6) is 0 Å². The van der Waals surface area contributed by atoms with Crippen molar-refractivity contribution in [1.29, 1.82) is 0 Å². The van der Waals surface area contributed by atoms with Crippen molar-refractivity contribution in [3.05, 3.63) is 36.2 Å². The summed E-state index contributed by atoms with van der Waals surface area (Å²) in [7, 11) is 0. The van der Waals surface area contributed by atoms with Gasteiger partial charge in [0, 0.05) is 25.1 Å². The summed E-state index contributed by atoms with van der Waals surface area (Å²) in [5.41, 5.74) is 0.786. The first kappa shape index (κ1) is 25.5. The number of rotatable bonds is 11. The van der Waals surface area contributed by atoms with E-state index < -0.39 is 6.04 Å². The summed E-state index contributed by atoms with van der Waals surface area (Å²) in [6.07, 6.45) is 8.49. The Morgan fingerprint density at radius 2 is 1.86 bits per heavy atom. The van der Waals surface area contributed by atoms with Crippen LogP contribution in [-0.2, 0) is 9.53 Å². The minimum absolute atomic E-state index is 0.0939. The van der Waals surface area contributed by atoms with Crippen molar-refractivity contribution in [3.63, 3.8) is 0 Å². The van der Waals surface area contributed by atoms with E-state index in [9.17, 15) is 9.59 Å². The van der Waals surface area contributed by atoms with E-state index in [4.69, 9.17) is 9.26 Å². The molecular weight excluding hydrogens is 444 g/mol. The topological polar surface area (TPSA) is 97.6 Å². The molecule has 0 bridgehead atoms. The van der Waals surface area contributed by atoms with Crippen LogP contribution in [0.4, 0.5) is 0 Å². The van der Waals surface area contributed by atoms with Gasteiger partial charge in [0.25, 0.3) is 5.89 Å². The standard InChI is InChI=1S/C27H38N4O4/c1-2-23(25(33)26-29-27(35-30-26)22-11-7-4-8-12-22)28-19-21(17-20-9-5-3-6-10-20)18-24(32)31-13-15-34-16-14-31/h4,7-8,11-12,20-21,23,28H,2-3,5-6,9-10,13-19H2,1H3/t21-,23+/m1/s1. The van der Waals surface area contributed by atoms with E-state index in [1.54, 1.807) is 0 Å². The molecule has 190 valence electrons. The smallest absolute Gasteiger partial charge is 0.258 e. The number of nitrogens with zero attached hydrogens (tertiary/aromatic N) is 3. The molecule has 1 saturated heterocycles. The van der Waals surface area contributed by atoms with Crippen molar-refractivity contribution >= 4 is 11.7 Å². The molecule has 2 aliphatic rings. The van der Waals surface area contributed by atoms with Crippen LogP contribution < -0.4 is 5.32 Å². The molecular formula is C27H38N4O4. The molecule has 1 N–H and O–H groups in total. The van der Waals surface area contributed by atoms with Crippen molar-refractivity contribution in [2.75, 3.05) is 32.8 Å². The molecule has 8 heteroatoms. The summed E-state index contributed by atoms with van der Waals surface area (Å²) in [6, 6.07) is 9.03. The number of benzene rings is 1. The normalized spacial score (nSPS) is 18.8. The predicted octanol–water partition coefficient (Wildman–Crippen LogP) is 4.12. The first-order valence-electron chi connectivity index (χ1n) is 13.2. The zero-order chi connectivity index (χ0) is 24.5. The second kappa shape index (κ2) is 12.9. The van der Waals surface area contributed by atoms with Crippen LogP contribution in [0.15, 0.2) is 34.9 Å². The third kappa shape index (κ3) is 7.21. The van der Waals surface area contributed by atoms with Crippen LogP contribution in [0.25, 0.3) is 11.5 Å². The SMILES string of the molecule is CC[C@H](NC[C@@H](CC(=O)N1CCOCC1)CC1CCCCC1)C(=O)c1noc(-c2ccccc2)n1. The maximum Gasteiger partial charge on any atom is 0.258 e. The third-order valence-corrected chi connectivity index (χ3v) is 7.26. The van der Waals surface area contributed by atoms with Gasteiger partial charge in [-0.25, -0.2) is 0 Å². The van der Waals surface area contributed by atoms with E-state index >= 15 is 0 Å². The Labute approximate surface area is 207 Å². The number of hydrogen-bond donors (Lipinski definition) is 1. The van der Waals surface area contributed by atoms with Crippen LogP contribution >= 0.6 is 0 Å². The number of amides is 1. The van der Waals surface area contributed by atoms with Gasteiger partial charge in [0.15, 0.2) is 0 Å². The fourth-order valence-electron chi connectivity index (χ4n) is 5.23. The van der Waals surface area contributed by atoms with Crippen LogP contribution in [0, 0.1) is 11.8 Å². The highest BCUT2D eigenvalue weighted by Gasteiger charge is 2.28. The molecule has 1 amide bonds. The van der Waals surface area contributed by atoms with Crippen molar-refractivity contribution in [2.45, 2.75) is 64.3 Å². The van der Waals surface area contributed by atoms with Crippen LogP contribution in [0.3, 0.4) is 0 Å². The highest BCUT2D eigenvalue weighted by molar-refractivity contribution is 5.97. The molecule has 2 heterocycles. The lowest BCUT2D eigenvalue weighted by Gasteiger charge is -2.31. The van der Waals surface area contributed by atoms with Gasteiger partial charge < -0.3 is 19.5 Å². The first-order valence-corrected chi connectivity index (χ1v) is 13.2. The summed E-state index contributed by atoms with van der Waals surface area (Å²) in [5, 5.41) is 7.39. The van der Waals surface area contributed by atoms with Gasteiger partial charge in [0.1, 0.15) is 0 Å². The maximum atomic E-state index is 13.2.